The maximum Gasteiger partial charge on any atom is 0.251 e. The molecule has 1 saturated carbocycles. The normalized spacial score (nSPS) is 12.4. The van der Waals surface area contributed by atoms with Crippen molar-refractivity contribution in [1.29, 1.82) is 5.26 Å². The van der Waals surface area contributed by atoms with Gasteiger partial charge in [-0.3, -0.25) is 28.7 Å². The number of nitrogen functional groups attached to an aromatic ring is 2. The Labute approximate surface area is 589 Å². The summed E-state index contributed by atoms with van der Waals surface area (Å²) in [5.41, 5.74) is 26.5. The second kappa shape index (κ2) is 32.2. The Morgan fingerprint density at radius 2 is 1.01 bits per heavy atom. The first-order chi connectivity index (χ1) is 49.3. The first kappa shape index (κ1) is 71.1. The molecule has 1 amide bonds. The van der Waals surface area contributed by atoms with Gasteiger partial charge in [-0.2, -0.15) is 5.26 Å². The molecule has 9 heterocycles. The quantitative estimate of drug-likeness (QED) is 0.0367. The van der Waals surface area contributed by atoms with E-state index in [0.717, 1.165) is 58.8 Å². The van der Waals surface area contributed by atoms with Gasteiger partial charge in [-0.25, -0.2) is 24.9 Å². The van der Waals surface area contributed by atoms with Crippen LogP contribution >= 0.6 is 0 Å². The fourth-order valence-corrected chi connectivity index (χ4v) is 11.1. The molecular formula is C76H81N19O7. The van der Waals surface area contributed by atoms with Crippen LogP contribution in [-0.2, 0) is 24.4 Å². The summed E-state index contributed by atoms with van der Waals surface area (Å²) in [4.78, 5) is 81.2. The summed E-state index contributed by atoms with van der Waals surface area (Å²) in [6.07, 6.45) is 12.1. The molecule has 0 aliphatic heterocycles. The van der Waals surface area contributed by atoms with Crippen LogP contribution < -0.4 is 44.1 Å². The third kappa shape index (κ3) is 16.7. The molecule has 13 rings (SSSR count). The number of aromatic nitrogens is 12. The number of nitriles is 1. The maximum absolute atomic E-state index is 12.9. The van der Waals surface area contributed by atoms with Gasteiger partial charge in [0.1, 0.15) is 34.9 Å². The number of likely N-dealkylation sites (N-methyl/N-ethyl adjacent to an activating group) is 1. The van der Waals surface area contributed by atoms with Crippen LogP contribution in [0.4, 0.5) is 11.6 Å². The minimum Gasteiger partial charge on any atom is -0.382 e. The molecule has 3 aromatic carbocycles. The number of hydrogen-bond acceptors (Lipinski definition) is 22. The Balaban J connectivity index is 0.000000166. The van der Waals surface area contributed by atoms with E-state index in [0.29, 0.717) is 98.7 Å². The van der Waals surface area contributed by atoms with Crippen molar-refractivity contribution in [1.82, 2.24) is 80.3 Å². The predicted molar refractivity (Wildman–Crippen MR) is 392 cm³/mol. The summed E-state index contributed by atoms with van der Waals surface area (Å²) in [7, 11) is 3.82. The van der Waals surface area contributed by atoms with Gasteiger partial charge in [0.25, 0.3) is 16.7 Å². The number of pyridine rings is 3. The van der Waals surface area contributed by atoms with E-state index in [4.69, 9.17) is 30.0 Å². The number of carbonyl (C=O) groups excluding carboxylic acids is 1. The first-order valence-corrected chi connectivity index (χ1v) is 33.5. The number of carbonyl (C=O) groups is 1. The van der Waals surface area contributed by atoms with E-state index in [1.165, 1.54) is 57.6 Å². The van der Waals surface area contributed by atoms with Gasteiger partial charge in [-0.05, 0) is 102 Å². The minimum absolute atomic E-state index is 0. The zero-order chi connectivity index (χ0) is 72.1. The molecule has 0 spiro atoms. The van der Waals surface area contributed by atoms with Crippen molar-refractivity contribution in [3.05, 3.63) is 218 Å². The molecular weight excluding hydrogens is 1290 g/mol. The lowest BCUT2D eigenvalue weighted by Crippen LogP contribution is -2.38. The lowest BCUT2D eigenvalue weighted by atomic mass is 10.0. The highest BCUT2D eigenvalue weighted by atomic mass is 16.5. The van der Waals surface area contributed by atoms with E-state index in [-0.39, 0.29) is 41.6 Å². The molecule has 2 unspecified atom stereocenters. The molecule has 1 aliphatic carbocycles. The summed E-state index contributed by atoms with van der Waals surface area (Å²) in [6, 6.07) is 39.2. The fraction of sp³-hybridized carbons (Fsp3) is 0.263. The van der Waals surface area contributed by atoms with Crippen molar-refractivity contribution in [2.45, 2.75) is 105 Å². The second-order valence-corrected chi connectivity index (χ2v) is 24.8. The number of hydrogen-bond donors (Lipinski definition) is 6. The van der Waals surface area contributed by atoms with Crippen LogP contribution in [-0.4, -0.2) is 104 Å². The van der Waals surface area contributed by atoms with Crippen molar-refractivity contribution < 1.29 is 19.8 Å². The van der Waals surface area contributed by atoms with Crippen molar-refractivity contribution in [2.24, 2.45) is 0 Å². The van der Waals surface area contributed by atoms with E-state index < -0.39 is 12.1 Å². The van der Waals surface area contributed by atoms with E-state index in [9.17, 15) is 24.4 Å². The van der Waals surface area contributed by atoms with E-state index in [1.54, 1.807) is 67.8 Å². The number of nitrogens with zero attached hydrogens (tertiary/aromatic N) is 13. The number of nitrogens with two attached hydrogens (primary N) is 2. The molecule has 8 N–H and O–H groups in total. The molecule has 0 radical (unpaired) electrons. The number of aromatic amines is 1. The molecule has 26 nitrogen and oxygen atoms in total. The first-order valence-electron chi connectivity index (χ1n) is 33.5. The number of amides is 1. The number of anilines is 2. The van der Waals surface area contributed by atoms with Gasteiger partial charge >= 0.3 is 0 Å². The lowest BCUT2D eigenvalue weighted by molar-refractivity contribution is -0.134. The van der Waals surface area contributed by atoms with Crippen LogP contribution in [0.2, 0.25) is 0 Å². The average molecular weight is 1370 g/mol. The van der Waals surface area contributed by atoms with Crippen LogP contribution in [0.25, 0.3) is 102 Å². The Kier molecular flexibility index (Phi) is 22.5. The number of aryl methyl sites for hydroxylation is 1. The number of rotatable bonds is 22. The summed E-state index contributed by atoms with van der Waals surface area (Å²) in [6.45, 7) is 16.6. The Morgan fingerprint density at radius 3 is 1.46 bits per heavy atom. The van der Waals surface area contributed by atoms with Crippen molar-refractivity contribution >= 4 is 17.5 Å². The van der Waals surface area contributed by atoms with Crippen LogP contribution in [0.1, 0.15) is 102 Å². The van der Waals surface area contributed by atoms with Crippen LogP contribution in [0.15, 0.2) is 186 Å². The molecule has 522 valence electrons. The molecule has 26 heteroatoms. The van der Waals surface area contributed by atoms with Gasteiger partial charge in [0.15, 0.2) is 40.3 Å². The van der Waals surface area contributed by atoms with Crippen molar-refractivity contribution in [2.75, 3.05) is 38.7 Å². The molecule has 2 atom stereocenters. The zero-order valence-corrected chi connectivity index (χ0v) is 58.1. The molecule has 0 saturated heterocycles. The standard InChI is InChI=1S/C27H31N7O3.C25H23N7O2.C24H25N5O2.H2/c1-5-33(6-2)27(36)17(3)34-16-20(11-12-24(34)35)22-15-30-26(28)25(31-22)23-13-21(32-37-23)19-9-7-18(8-10-19)14-29-4;1-15(11-26)32-14-18(6-9-23(32)33)21-13-29-25(27)24(30-21)22-10-20(31-34-22)17-4-2-16(3-5-17)12-28-19-7-8-19;1-14(2)19-9-18(12-27-24(19)30)21-13-26-15(3)23(28-21)22-10-20(29-31-22)17-7-5-16(6-8-17)11-25-4;/h7-13,15-17,29H,5-6,14H2,1-4H3,(H2,28,30);2-6,9-10,13-15,19,28H,7-8,12H2,1H3,(H2,27,29);5-10,12-14,25H,11H2,1-4H3,(H,27,30);1H. The van der Waals surface area contributed by atoms with E-state index in [1.807, 2.05) is 109 Å². The fourth-order valence-electron chi connectivity index (χ4n) is 11.1. The smallest absolute Gasteiger partial charge is 0.251 e. The topological polar surface area (TPSA) is 365 Å². The molecule has 12 aromatic rings. The van der Waals surface area contributed by atoms with Gasteiger partial charge < -0.3 is 55.4 Å². The van der Waals surface area contributed by atoms with Crippen LogP contribution in [0, 0.1) is 18.3 Å². The number of nitrogens with one attached hydrogen (secondary N) is 4. The van der Waals surface area contributed by atoms with Gasteiger partial charge in [0.05, 0.1) is 47.4 Å². The van der Waals surface area contributed by atoms with Gasteiger partial charge in [-0.1, -0.05) is 102 Å². The highest BCUT2D eigenvalue weighted by molar-refractivity contribution is 5.80. The Morgan fingerprint density at radius 1 is 0.588 bits per heavy atom. The number of benzene rings is 3. The second-order valence-electron chi connectivity index (χ2n) is 24.8. The highest BCUT2D eigenvalue weighted by Gasteiger charge is 2.24. The summed E-state index contributed by atoms with van der Waals surface area (Å²) in [5.74, 6) is 1.69. The van der Waals surface area contributed by atoms with Gasteiger partial charge in [-0.15, -0.1) is 0 Å². The largest absolute Gasteiger partial charge is 0.382 e. The molecule has 9 aromatic heterocycles. The predicted octanol–water partition coefficient (Wildman–Crippen LogP) is 11.5. The zero-order valence-electron chi connectivity index (χ0n) is 58.1. The molecule has 1 aliphatic rings. The maximum atomic E-state index is 12.9. The minimum atomic E-state index is -0.662. The van der Waals surface area contributed by atoms with Gasteiger partial charge in [0.2, 0.25) is 5.91 Å². The van der Waals surface area contributed by atoms with Crippen LogP contribution in [0.3, 0.4) is 0 Å². The third-order valence-electron chi connectivity index (χ3n) is 17.2. The Hall–Kier alpha value is -12.2. The summed E-state index contributed by atoms with van der Waals surface area (Å²) >= 11 is 0. The molecule has 0 bridgehead atoms. The van der Waals surface area contributed by atoms with E-state index >= 15 is 0 Å². The molecule has 1 fully saturated rings. The van der Waals surface area contributed by atoms with Crippen LogP contribution in [0.5, 0.6) is 0 Å². The molecule has 102 heavy (non-hydrogen) atoms. The average Bonchev–Trinajstić information content (AvgIpc) is 1.77. The number of H-pyrrole nitrogens is 1. The monoisotopic (exact) mass is 1370 g/mol. The van der Waals surface area contributed by atoms with Crippen molar-refractivity contribution in [3.63, 3.8) is 0 Å². The summed E-state index contributed by atoms with van der Waals surface area (Å²) in [5, 5.41) is 31.5. The SMILES string of the molecule is CC(C#N)n1cc(-c2cnc(N)c(-c3cc(-c4ccc(CNC5CC5)cc4)no3)n2)ccc1=O.CCN(CC)C(=O)C(C)n1cc(-c2cnc(N)c(-c3cc(-c4ccc(CNC)cc4)no3)n2)ccc1=O.CNCc1ccc(-c2cc(-c3nc(-c4c[nH]c(=O)c(C(C)C)c4)cnc3C)on2)cc1.[HH]. The summed E-state index contributed by atoms with van der Waals surface area (Å²) < 4.78 is 19.5. The van der Waals surface area contributed by atoms with Gasteiger partial charge in [0, 0.05) is 128 Å². The third-order valence-corrected chi connectivity index (χ3v) is 17.2. The van der Waals surface area contributed by atoms with E-state index in [2.05, 4.69) is 91.7 Å². The highest BCUT2D eigenvalue weighted by Crippen LogP contribution is 2.34. The van der Waals surface area contributed by atoms with Crippen molar-refractivity contribution in [3.8, 4) is 108 Å². The lowest BCUT2D eigenvalue weighted by Gasteiger charge is -2.24. The Bertz CT molecular complexity index is 5150.